The van der Waals surface area contributed by atoms with Crippen LogP contribution < -0.4 is 15.0 Å². The van der Waals surface area contributed by atoms with Crippen molar-refractivity contribution in [2.24, 2.45) is 0 Å². The molecule has 3 heterocycles. The van der Waals surface area contributed by atoms with Crippen LogP contribution in [0.15, 0.2) is 44.1 Å². The number of rotatable bonds is 8. The van der Waals surface area contributed by atoms with Gasteiger partial charge in [0.15, 0.2) is 16.7 Å². The fourth-order valence-corrected chi connectivity index (χ4v) is 4.55. The maximum Gasteiger partial charge on any atom is 0.387 e. The van der Waals surface area contributed by atoms with Crippen molar-refractivity contribution in [2.75, 3.05) is 7.11 Å². The van der Waals surface area contributed by atoms with E-state index in [1.54, 1.807) is 4.57 Å². The van der Waals surface area contributed by atoms with Crippen molar-refractivity contribution in [1.82, 2.24) is 19.7 Å². The second kappa shape index (κ2) is 9.02. The molecular formula is C19H16F2N4O4S2. The smallest absolute Gasteiger partial charge is 0.387 e. The molecule has 8 nitrogen and oxygen atoms in total. The summed E-state index contributed by atoms with van der Waals surface area (Å²) < 4.78 is 42.0. The number of hydrogen-bond acceptors (Lipinski definition) is 9. The van der Waals surface area contributed by atoms with E-state index in [9.17, 15) is 13.6 Å². The van der Waals surface area contributed by atoms with E-state index in [0.717, 1.165) is 0 Å². The Kier molecular flexibility index (Phi) is 6.18. The highest BCUT2D eigenvalue weighted by Gasteiger charge is 2.16. The predicted molar refractivity (Wildman–Crippen MR) is 112 cm³/mol. The third-order valence-electron chi connectivity index (χ3n) is 4.28. The van der Waals surface area contributed by atoms with Crippen LogP contribution in [0.4, 0.5) is 8.78 Å². The first kappa shape index (κ1) is 21.2. The van der Waals surface area contributed by atoms with Crippen LogP contribution in [-0.4, -0.2) is 33.4 Å². The zero-order chi connectivity index (χ0) is 22.0. The van der Waals surface area contributed by atoms with E-state index in [1.807, 2.05) is 18.4 Å². The zero-order valence-corrected chi connectivity index (χ0v) is 18.0. The van der Waals surface area contributed by atoms with Gasteiger partial charge < -0.3 is 14.0 Å². The standard InChI is InChI=1S/C19H16F2N4O4S2/c1-3-25-17(26)15-11(6-7-30-15)22-19(25)31-9-14-23-16(24-29-14)10-4-5-12(28-18(20)21)13(8-10)27-2/h4-8,18H,3,9H2,1-2H3. The molecule has 0 saturated heterocycles. The van der Waals surface area contributed by atoms with Gasteiger partial charge in [0.1, 0.15) is 4.70 Å². The van der Waals surface area contributed by atoms with Crippen molar-refractivity contribution in [3.63, 3.8) is 0 Å². The van der Waals surface area contributed by atoms with Crippen molar-refractivity contribution in [1.29, 1.82) is 0 Å². The van der Waals surface area contributed by atoms with E-state index < -0.39 is 6.61 Å². The molecule has 4 aromatic rings. The molecule has 4 rings (SSSR count). The van der Waals surface area contributed by atoms with Crippen LogP contribution in [0.2, 0.25) is 0 Å². The molecule has 0 amide bonds. The lowest BCUT2D eigenvalue weighted by molar-refractivity contribution is -0.0512. The average molecular weight is 466 g/mol. The first-order chi connectivity index (χ1) is 15.0. The number of methoxy groups -OCH3 is 1. The van der Waals surface area contributed by atoms with Crippen LogP contribution >= 0.6 is 23.1 Å². The molecule has 0 aliphatic heterocycles. The number of alkyl halides is 2. The Bertz CT molecular complexity index is 1270. The minimum absolute atomic E-state index is 0.0746. The number of thioether (sulfide) groups is 1. The van der Waals surface area contributed by atoms with Gasteiger partial charge in [-0.05, 0) is 36.6 Å². The van der Waals surface area contributed by atoms with E-state index in [1.165, 1.54) is 48.4 Å². The molecule has 0 spiro atoms. The molecule has 0 saturated carbocycles. The Labute approximate surface area is 182 Å². The molecular weight excluding hydrogens is 450 g/mol. The number of benzene rings is 1. The van der Waals surface area contributed by atoms with E-state index in [4.69, 9.17) is 9.26 Å². The van der Waals surface area contributed by atoms with E-state index in [2.05, 4.69) is 19.9 Å². The summed E-state index contributed by atoms with van der Waals surface area (Å²) >= 11 is 2.68. The predicted octanol–water partition coefficient (Wildman–Crippen LogP) is 4.43. The first-order valence-electron chi connectivity index (χ1n) is 9.06. The Hall–Kier alpha value is -2.99. The van der Waals surface area contributed by atoms with Crippen molar-refractivity contribution >= 4 is 33.3 Å². The summed E-state index contributed by atoms with van der Waals surface area (Å²) in [5, 5.41) is 6.34. The summed E-state index contributed by atoms with van der Waals surface area (Å²) in [5.74, 6) is 0.936. The minimum atomic E-state index is -2.96. The lowest BCUT2D eigenvalue weighted by Crippen LogP contribution is -2.21. The summed E-state index contributed by atoms with van der Waals surface area (Å²) in [5.41, 5.74) is 1.10. The van der Waals surface area contributed by atoms with Crippen molar-refractivity contribution in [2.45, 2.75) is 31.0 Å². The quantitative estimate of drug-likeness (QED) is 0.278. The summed E-state index contributed by atoms with van der Waals surface area (Å²) in [7, 11) is 1.35. The molecule has 0 unspecified atom stereocenters. The molecule has 0 aliphatic carbocycles. The van der Waals surface area contributed by atoms with Crippen molar-refractivity contribution < 1.29 is 22.8 Å². The largest absolute Gasteiger partial charge is 0.493 e. The van der Waals surface area contributed by atoms with Crippen molar-refractivity contribution in [3.8, 4) is 22.9 Å². The Balaban J connectivity index is 1.54. The Morgan fingerprint density at radius 2 is 2.10 bits per heavy atom. The lowest BCUT2D eigenvalue weighted by Gasteiger charge is -2.10. The minimum Gasteiger partial charge on any atom is -0.493 e. The van der Waals surface area contributed by atoms with Crippen LogP contribution in [-0.2, 0) is 12.3 Å². The van der Waals surface area contributed by atoms with Crippen molar-refractivity contribution in [3.05, 3.63) is 45.9 Å². The number of hydrogen-bond donors (Lipinski definition) is 0. The molecule has 31 heavy (non-hydrogen) atoms. The van der Waals surface area contributed by atoms with Gasteiger partial charge in [0, 0.05) is 12.1 Å². The van der Waals surface area contributed by atoms with Gasteiger partial charge in [0.25, 0.3) is 5.56 Å². The number of halogens is 2. The third kappa shape index (κ3) is 4.39. The highest BCUT2D eigenvalue weighted by molar-refractivity contribution is 7.98. The molecule has 0 fully saturated rings. The van der Waals surface area contributed by atoms with Crippen LogP contribution in [0.5, 0.6) is 11.5 Å². The average Bonchev–Trinajstić information content (AvgIpc) is 3.42. The summed E-state index contributed by atoms with van der Waals surface area (Å²) in [6.07, 6.45) is 0. The van der Waals surface area contributed by atoms with Gasteiger partial charge in [-0.15, -0.1) is 11.3 Å². The maximum absolute atomic E-state index is 12.6. The van der Waals surface area contributed by atoms with Gasteiger partial charge in [-0.1, -0.05) is 16.9 Å². The number of nitrogens with zero attached hydrogens (tertiary/aromatic N) is 4. The van der Waals surface area contributed by atoms with Crippen LogP contribution in [0, 0.1) is 0 Å². The molecule has 1 aromatic carbocycles. The van der Waals surface area contributed by atoms with Crippen LogP contribution in [0.25, 0.3) is 21.6 Å². The number of ether oxygens (including phenoxy) is 2. The van der Waals surface area contributed by atoms with Crippen LogP contribution in [0.3, 0.4) is 0 Å². The molecule has 0 radical (unpaired) electrons. The van der Waals surface area contributed by atoms with Gasteiger partial charge in [-0.3, -0.25) is 9.36 Å². The van der Waals surface area contributed by atoms with E-state index in [-0.39, 0.29) is 22.9 Å². The molecule has 0 N–H and O–H groups in total. The molecule has 3 aromatic heterocycles. The first-order valence-corrected chi connectivity index (χ1v) is 10.9. The van der Waals surface area contributed by atoms with Gasteiger partial charge in [-0.25, -0.2) is 4.98 Å². The topological polar surface area (TPSA) is 92.3 Å². The second-order valence-corrected chi connectivity index (χ2v) is 7.98. The summed E-state index contributed by atoms with van der Waals surface area (Å²) in [4.78, 5) is 21.5. The fraction of sp³-hybridized carbons (Fsp3) is 0.263. The molecule has 162 valence electrons. The summed E-state index contributed by atoms with van der Waals surface area (Å²) in [6.45, 7) is -0.591. The second-order valence-electron chi connectivity index (χ2n) is 6.12. The Morgan fingerprint density at radius 3 is 2.84 bits per heavy atom. The zero-order valence-electron chi connectivity index (χ0n) is 16.4. The van der Waals surface area contributed by atoms with Gasteiger partial charge >= 0.3 is 6.61 Å². The van der Waals surface area contributed by atoms with E-state index >= 15 is 0 Å². The fourth-order valence-electron chi connectivity index (χ4n) is 2.87. The molecule has 0 bridgehead atoms. The highest BCUT2D eigenvalue weighted by atomic mass is 32.2. The molecule has 12 heteroatoms. The summed E-state index contributed by atoms with van der Waals surface area (Å²) in [6, 6.07) is 6.18. The van der Waals surface area contributed by atoms with Gasteiger partial charge in [-0.2, -0.15) is 13.8 Å². The SMILES string of the molecule is CCn1c(SCc2nc(-c3ccc(OC(F)F)c(OC)c3)no2)nc2ccsc2c1=O. The third-order valence-corrected chi connectivity index (χ3v) is 6.13. The number of thiophene rings is 1. The highest BCUT2D eigenvalue weighted by Crippen LogP contribution is 2.33. The monoisotopic (exact) mass is 466 g/mol. The maximum atomic E-state index is 12.6. The van der Waals surface area contributed by atoms with Gasteiger partial charge in [0.05, 0.1) is 18.4 Å². The van der Waals surface area contributed by atoms with E-state index in [0.29, 0.717) is 39.1 Å². The Morgan fingerprint density at radius 1 is 1.26 bits per heavy atom. The van der Waals surface area contributed by atoms with Gasteiger partial charge in [0.2, 0.25) is 11.7 Å². The van der Waals surface area contributed by atoms with Crippen LogP contribution in [0.1, 0.15) is 12.8 Å². The lowest BCUT2D eigenvalue weighted by atomic mass is 10.2. The number of aromatic nitrogens is 4. The molecule has 0 atom stereocenters. The number of fused-ring (bicyclic) bond motifs is 1. The normalized spacial score (nSPS) is 11.4. The molecule has 0 aliphatic rings.